The Morgan fingerprint density at radius 3 is 2.32 bits per heavy atom. The molecule has 2 N–H and O–H groups in total. The molecule has 0 saturated heterocycles. The summed E-state index contributed by atoms with van der Waals surface area (Å²) >= 11 is 0. The fourth-order valence-corrected chi connectivity index (χ4v) is 5.46. The standard InChI is InChI=1S/C35H36N6O3/c1-43-33-20-27-17-19-40(23-28(27)21-34(33)44-2)18-16-25-12-14-30(15-13-25)41-24-29(38-39-41)22-36-31-10-6-7-11-32(31)37-35(42)26-8-4-3-5-9-26/h3-15,20-21,24,36H,16-19,22-23H2,1-2H3,(H,37,42). The monoisotopic (exact) mass is 588 g/mol. The number of nitrogens with one attached hydrogen (secondary N) is 2. The molecular formula is C35H36N6O3. The van der Waals surface area contributed by atoms with E-state index in [0.717, 1.165) is 61.0 Å². The van der Waals surface area contributed by atoms with E-state index < -0.39 is 0 Å². The number of ether oxygens (including phenoxy) is 2. The molecule has 1 amide bonds. The van der Waals surface area contributed by atoms with Crippen molar-refractivity contribution in [1.29, 1.82) is 0 Å². The van der Waals surface area contributed by atoms with E-state index in [4.69, 9.17) is 9.47 Å². The first kappa shape index (κ1) is 28.9. The van der Waals surface area contributed by atoms with Gasteiger partial charge < -0.3 is 20.1 Å². The van der Waals surface area contributed by atoms with Crippen molar-refractivity contribution in [1.82, 2.24) is 19.9 Å². The van der Waals surface area contributed by atoms with Gasteiger partial charge in [-0.3, -0.25) is 9.69 Å². The van der Waals surface area contributed by atoms with E-state index in [1.807, 2.05) is 48.7 Å². The summed E-state index contributed by atoms with van der Waals surface area (Å²) in [6.07, 6.45) is 3.89. The number of carbonyl (C=O) groups is 1. The highest BCUT2D eigenvalue weighted by molar-refractivity contribution is 6.05. The number of benzene rings is 4. The van der Waals surface area contributed by atoms with Crippen molar-refractivity contribution >= 4 is 17.3 Å². The summed E-state index contributed by atoms with van der Waals surface area (Å²) in [5, 5.41) is 15.0. The van der Waals surface area contributed by atoms with Crippen molar-refractivity contribution in [2.45, 2.75) is 25.9 Å². The summed E-state index contributed by atoms with van der Waals surface area (Å²) in [7, 11) is 3.36. The van der Waals surface area contributed by atoms with Gasteiger partial charge >= 0.3 is 0 Å². The van der Waals surface area contributed by atoms with Crippen molar-refractivity contribution in [2.24, 2.45) is 0 Å². The molecule has 5 aromatic rings. The molecule has 0 radical (unpaired) electrons. The van der Waals surface area contributed by atoms with Gasteiger partial charge in [-0.15, -0.1) is 5.10 Å². The Morgan fingerprint density at radius 1 is 0.864 bits per heavy atom. The van der Waals surface area contributed by atoms with Crippen LogP contribution in [0.1, 0.15) is 32.7 Å². The Hall–Kier alpha value is -5.15. The molecule has 9 nitrogen and oxygen atoms in total. The minimum absolute atomic E-state index is 0.155. The molecular weight excluding hydrogens is 552 g/mol. The number of nitrogens with zero attached hydrogens (tertiary/aromatic N) is 4. The summed E-state index contributed by atoms with van der Waals surface area (Å²) < 4.78 is 12.8. The minimum Gasteiger partial charge on any atom is -0.493 e. The number of fused-ring (bicyclic) bond motifs is 1. The lowest BCUT2D eigenvalue weighted by molar-refractivity contribution is 0.102. The summed E-state index contributed by atoms with van der Waals surface area (Å²) in [6, 6.07) is 29.5. The van der Waals surface area contributed by atoms with Crippen molar-refractivity contribution < 1.29 is 14.3 Å². The molecule has 2 heterocycles. The second-order valence-corrected chi connectivity index (χ2v) is 10.8. The van der Waals surface area contributed by atoms with Crippen LogP contribution in [0.2, 0.25) is 0 Å². The van der Waals surface area contributed by atoms with Gasteiger partial charge in [-0.2, -0.15) is 0 Å². The van der Waals surface area contributed by atoms with Crippen molar-refractivity contribution in [2.75, 3.05) is 37.9 Å². The van der Waals surface area contributed by atoms with Crippen molar-refractivity contribution in [3.8, 4) is 17.2 Å². The van der Waals surface area contributed by atoms with Gasteiger partial charge in [0, 0.05) is 25.2 Å². The van der Waals surface area contributed by atoms with Gasteiger partial charge in [-0.1, -0.05) is 47.7 Å². The van der Waals surface area contributed by atoms with Gasteiger partial charge in [-0.05, 0) is 78.1 Å². The molecule has 0 atom stereocenters. The number of aromatic nitrogens is 3. The number of carbonyl (C=O) groups excluding carboxylic acids is 1. The molecule has 1 aliphatic heterocycles. The average molecular weight is 589 g/mol. The van der Waals surface area contributed by atoms with Crippen molar-refractivity contribution in [3.05, 3.63) is 125 Å². The maximum atomic E-state index is 12.7. The molecule has 0 aliphatic carbocycles. The molecule has 0 spiro atoms. The number of hydrogen-bond acceptors (Lipinski definition) is 7. The van der Waals surface area contributed by atoms with Gasteiger partial charge in [0.25, 0.3) is 5.91 Å². The number of hydrogen-bond donors (Lipinski definition) is 2. The molecule has 224 valence electrons. The molecule has 1 aromatic heterocycles. The molecule has 0 saturated carbocycles. The SMILES string of the molecule is COc1cc2c(cc1OC)CN(CCc1ccc(-n3cc(CNc4ccccc4NC(=O)c4ccccc4)nn3)cc1)CC2. The second-order valence-electron chi connectivity index (χ2n) is 10.8. The van der Waals surface area contributed by atoms with Crippen LogP contribution in [0.3, 0.4) is 0 Å². The Labute approximate surface area is 257 Å². The first-order valence-electron chi connectivity index (χ1n) is 14.8. The Kier molecular flexibility index (Phi) is 8.84. The van der Waals surface area contributed by atoms with Crippen LogP contribution >= 0.6 is 0 Å². The highest BCUT2D eigenvalue weighted by Crippen LogP contribution is 2.33. The maximum Gasteiger partial charge on any atom is 0.255 e. The van der Waals surface area contributed by atoms with Crippen LogP contribution in [0.15, 0.2) is 97.2 Å². The highest BCUT2D eigenvalue weighted by Gasteiger charge is 2.19. The molecule has 1 aliphatic rings. The molecule has 0 fully saturated rings. The van der Waals surface area contributed by atoms with Crippen LogP contribution < -0.4 is 20.1 Å². The van der Waals surface area contributed by atoms with Gasteiger partial charge in [0.1, 0.15) is 5.69 Å². The fourth-order valence-electron chi connectivity index (χ4n) is 5.46. The third-order valence-corrected chi connectivity index (χ3v) is 7.93. The second kappa shape index (κ2) is 13.4. The average Bonchev–Trinajstić information content (AvgIpc) is 3.56. The van der Waals surface area contributed by atoms with Crippen LogP contribution in [0, 0.1) is 0 Å². The van der Waals surface area contributed by atoms with E-state index in [1.54, 1.807) is 31.0 Å². The number of anilines is 2. The van der Waals surface area contributed by atoms with Crippen LogP contribution in [-0.2, 0) is 25.9 Å². The largest absolute Gasteiger partial charge is 0.493 e. The summed E-state index contributed by atoms with van der Waals surface area (Å²) in [5.74, 6) is 1.43. The van der Waals surface area contributed by atoms with Crippen LogP contribution in [0.4, 0.5) is 11.4 Å². The normalized spacial score (nSPS) is 12.8. The van der Waals surface area contributed by atoms with Gasteiger partial charge in [0.2, 0.25) is 0 Å². The smallest absolute Gasteiger partial charge is 0.255 e. The zero-order valence-electron chi connectivity index (χ0n) is 25.0. The Balaban J connectivity index is 1.02. The maximum absolute atomic E-state index is 12.7. The van der Waals surface area contributed by atoms with Crippen LogP contribution in [0.5, 0.6) is 11.5 Å². The van der Waals surface area contributed by atoms with E-state index in [1.165, 1.54) is 16.7 Å². The topological polar surface area (TPSA) is 93.5 Å². The lowest BCUT2D eigenvalue weighted by Gasteiger charge is -2.29. The molecule has 44 heavy (non-hydrogen) atoms. The summed E-state index contributed by atoms with van der Waals surface area (Å²) in [4.78, 5) is 15.1. The quantitative estimate of drug-likeness (QED) is 0.203. The Morgan fingerprint density at radius 2 is 1.57 bits per heavy atom. The molecule has 4 aromatic carbocycles. The fraction of sp³-hybridized carbons (Fsp3) is 0.229. The lowest BCUT2D eigenvalue weighted by Crippen LogP contribution is -2.32. The lowest BCUT2D eigenvalue weighted by atomic mass is 9.98. The van der Waals surface area contributed by atoms with Gasteiger partial charge in [0.05, 0.1) is 44.0 Å². The first-order chi connectivity index (χ1) is 21.6. The van der Waals surface area contributed by atoms with E-state index in [0.29, 0.717) is 17.8 Å². The van der Waals surface area contributed by atoms with Crippen LogP contribution in [-0.4, -0.2) is 53.1 Å². The third-order valence-electron chi connectivity index (χ3n) is 7.93. The minimum atomic E-state index is -0.155. The van der Waals surface area contributed by atoms with E-state index >= 15 is 0 Å². The Bertz CT molecular complexity index is 1720. The van der Waals surface area contributed by atoms with E-state index in [9.17, 15) is 4.79 Å². The predicted molar refractivity (Wildman–Crippen MR) is 172 cm³/mol. The predicted octanol–water partition coefficient (Wildman–Crippen LogP) is 5.75. The summed E-state index contributed by atoms with van der Waals surface area (Å²) in [6.45, 7) is 3.39. The van der Waals surface area contributed by atoms with Gasteiger partial charge in [-0.25, -0.2) is 4.68 Å². The number of rotatable bonds is 11. The van der Waals surface area contributed by atoms with Gasteiger partial charge in [0.15, 0.2) is 11.5 Å². The zero-order chi connectivity index (χ0) is 30.3. The zero-order valence-corrected chi connectivity index (χ0v) is 25.0. The molecule has 0 bridgehead atoms. The van der Waals surface area contributed by atoms with E-state index in [2.05, 4.69) is 62.2 Å². The summed E-state index contributed by atoms with van der Waals surface area (Å²) in [5.41, 5.74) is 7.79. The molecule has 9 heteroatoms. The van der Waals surface area contributed by atoms with Crippen molar-refractivity contribution in [3.63, 3.8) is 0 Å². The number of methoxy groups -OCH3 is 2. The number of amides is 1. The molecule has 0 unspecified atom stereocenters. The molecule has 6 rings (SSSR count). The van der Waals surface area contributed by atoms with Crippen LogP contribution in [0.25, 0.3) is 5.69 Å². The van der Waals surface area contributed by atoms with E-state index in [-0.39, 0.29) is 5.91 Å². The third kappa shape index (κ3) is 6.74. The number of para-hydroxylation sites is 2. The first-order valence-corrected chi connectivity index (χ1v) is 14.8. The highest BCUT2D eigenvalue weighted by atomic mass is 16.5.